The van der Waals surface area contributed by atoms with Gasteiger partial charge in [-0.3, -0.25) is 9.89 Å². The van der Waals surface area contributed by atoms with Gasteiger partial charge >= 0.3 is 0 Å². The van der Waals surface area contributed by atoms with Crippen molar-refractivity contribution in [1.29, 1.82) is 0 Å². The Morgan fingerprint density at radius 1 is 1.23 bits per heavy atom. The topological polar surface area (TPSA) is 69.2 Å². The first-order valence-corrected chi connectivity index (χ1v) is 10.2. The average molecular weight is 422 g/mol. The summed E-state index contributed by atoms with van der Waals surface area (Å²) in [6.07, 6.45) is 1.71. The van der Waals surface area contributed by atoms with Gasteiger partial charge in [-0.2, -0.15) is 5.10 Å². The monoisotopic (exact) mass is 421 g/mol. The zero-order chi connectivity index (χ0) is 21.6. The molecule has 1 amide bonds. The third kappa shape index (κ3) is 3.29. The summed E-state index contributed by atoms with van der Waals surface area (Å²) in [6.45, 7) is 10.7. The molecule has 2 aromatic carbocycles. The number of rotatable bonds is 4. The summed E-state index contributed by atoms with van der Waals surface area (Å²) in [5, 5.41) is 18.2. The first kappa shape index (κ1) is 20.2. The third-order valence-corrected chi connectivity index (χ3v) is 5.73. The van der Waals surface area contributed by atoms with Crippen LogP contribution in [-0.4, -0.2) is 32.7 Å². The Balaban J connectivity index is 1.89. The predicted octanol–water partition coefficient (Wildman–Crippen LogP) is 5.46. The van der Waals surface area contributed by atoms with Crippen molar-refractivity contribution < 1.29 is 9.90 Å². The lowest BCUT2D eigenvalue weighted by Gasteiger charge is -2.26. The number of aromatic amines is 1. The standard InChI is InChI=1S/C24H24ClN3O2/c1-5-12-28-22(14-6-8-15(9-7-14)24(2,3)4)19-20(26-27-21(19)23(28)30)17-13-16(25)10-11-18(17)29/h5-11,13,22,29H,1,12H2,2-4H3,(H,26,27). The van der Waals surface area contributed by atoms with Crippen LogP contribution in [0.3, 0.4) is 0 Å². The third-order valence-electron chi connectivity index (χ3n) is 5.50. The van der Waals surface area contributed by atoms with E-state index in [1.54, 1.807) is 23.1 Å². The van der Waals surface area contributed by atoms with Crippen LogP contribution >= 0.6 is 11.6 Å². The Hall–Kier alpha value is -3.05. The SMILES string of the molecule is C=CCN1C(=O)c2[nH]nc(-c3cc(Cl)ccc3O)c2C1c1ccc(C(C)(C)C)cc1. The van der Waals surface area contributed by atoms with Gasteiger partial charge in [-0.15, -0.1) is 6.58 Å². The Bertz CT molecular complexity index is 1130. The number of hydrogen-bond acceptors (Lipinski definition) is 3. The summed E-state index contributed by atoms with van der Waals surface area (Å²) in [6, 6.07) is 12.8. The van der Waals surface area contributed by atoms with Gasteiger partial charge < -0.3 is 10.0 Å². The van der Waals surface area contributed by atoms with E-state index in [1.165, 1.54) is 11.6 Å². The molecule has 154 valence electrons. The van der Waals surface area contributed by atoms with Crippen LogP contribution in [0.25, 0.3) is 11.3 Å². The van der Waals surface area contributed by atoms with Gasteiger partial charge in [0.1, 0.15) is 17.1 Å². The van der Waals surface area contributed by atoms with Crippen molar-refractivity contribution in [3.8, 4) is 17.0 Å². The van der Waals surface area contributed by atoms with Crippen molar-refractivity contribution in [2.45, 2.75) is 32.2 Å². The molecule has 0 saturated heterocycles. The molecule has 1 unspecified atom stereocenters. The molecular weight excluding hydrogens is 398 g/mol. The van der Waals surface area contributed by atoms with Gasteiger partial charge in [0, 0.05) is 22.7 Å². The minimum atomic E-state index is -0.341. The molecule has 0 fully saturated rings. The van der Waals surface area contributed by atoms with Gasteiger partial charge in [-0.25, -0.2) is 0 Å². The second-order valence-electron chi connectivity index (χ2n) is 8.54. The number of amides is 1. The molecule has 30 heavy (non-hydrogen) atoms. The van der Waals surface area contributed by atoms with Gasteiger partial charge in [0.15, 0.2) is 0 Å². The van der Waals surface area contributed by atoms with E-state index in [0.717, 1.165) is 11.1 Å². The Morgan fingerprint density at radius 2 is 1.93 bits per heavy atom. The Labute approximate surface area is 181 Å². The lowest BCUT2D eigenvalue weighted by Crippen LogP contribution is -2.29. The van der Waals surface area contributed by atoms with Crippen LogP contribution in [0.15, 0.2) is 55.1 Å². The molecule has 1 aromatic heterocycles. The number of phenols is 1. The fraction of sp³-hybridized carbons (Fsp3) is 0.250. The molecule has 5 nitrogen and oxygen atoms in total. The van der Waals surface area contributed by atoms with Crippen LogP contribution in [0.2, 0.25) is 5.02 Å². The molecular formula is C24H24ClN3O2. The van der Waals surface area contributed by atoms with Gasteiger partial charge in [-0.05, 0) is 34.7 Å². The number of fused-ring (bicyclic) bond motifs is 1. The van der Waals surface area contributed by atoms with Crippen LogP contribution in [0, 0.1) is 0 Å². The zero-order valence-corrected chi connectivity index (χ0v) is 18.0. The highest BCUT2D eigenvalue weighted by Crippen LogP contribution is 2.45. The van der Waals surface area contributed by atoms with Crippen LogP contribution in [-0.2, 0) is 5.41 Å². The second kappa shape index (κ2) is 7.33. The van der Waals surface area contributed by atoms with Crippen LogP contribution in [0.5, 0.6) is 5.75 Å². The van der Waals surface area contributed by atoms with Crippen molar-refractivity contribution in [3.63, 3.8) is 0 Å². The van der Waals surface area contributed by atoms with E-state index >= 15 is 0 Å². The number of nitrogens with one attached hydrogen (secondary N) is 1. The summed E-state index contributed by atoms with van der Waals surface area (Å²) in [5.74, 6) is -0.0831. The molecule has 2 heterocycles. The highest BCUT2D eigenvalue weighted by atomic mass is 35.5. The smallest absolute Gasteiger partial charge is 0.273 e. The molecule has 1 atom stereocenters. The van der Waals surface area contributed by atoms with Crippen LogP contribution in [0.4, 0.5) is 0 Å². The van der Waals surface area contributed by atoms with E-state index in [2.05, 4.69) is 61.8 Å². The number of phenolic OH excluding ortho intramolecular Hbond substituents is 1. The van der Waals surface area contributed by atoms with E-state index in [-0.39, 0.29) is 23.1 Å². The molecule has 6 heteroatoms. The summed E-state index contributed by atoms with van der Waals surface area (Å²) < 4.78 is 0. The van der Waals surface area contributed by atoms with E-state index in [1.807, 2.05) is 0 Å². The molecule has 0 aliphatic carbocycles. The minimum Gasteiger partial charge on any atom is -0.507 e. The fourth-order valence-corrected chi connectivity index (χ4v) is 4.11. The molecule has 3 aromatic rings. The predicted molar refractivity (Wildman–Crippen MR) is 119 cm³/mol. The molecule has 0 spiro atoms. The van der Waals surface area contributed by atoms with E-state index in [4.69, 9.17) is 11.6 Å². The number of halogens is 1. The van der Waals surface area contributed by atoms with Gasteiger partial charge in [0.2, 0.25) is 0 Å². The highest BCUT2D eigenvalue weighted by molar-refractivity contribution is 6.31. The van der Waals surface area contributed by atoms with Gasteiger partial charge in [0.05, 0.1) is 6.04 Å². The summed E-state index contributed by atoms with van der Waals surface area (Å²) >= 11 is 6.17. The number of H-pyrrole nitrogens is 1. The number of aromatic hydroxyl groups is 1. The van der Waals surface area contributed by atoms with Crippen molar-refractivity contribution >= 4 is 17.5 Å². The normalized spacial score (nSPS) is 16.1. The molecule has 4 rings (SSSR count). The van der Waals surface area contributed by atoms with Crippen molar-refractivity contribution in [2.24, 2.45) is 0 Å². The maximum absolute atomic E-state index is 13.1. The van der Waals surface area contributed by atoms with Crippen LogP contribution in [0.1, 0.15) is 54.0 Å². The van der Waals surface area contributed by atoms with E-state index < -0.39 is 0 Å². The Morgan fingerprint density at radius 3 is 2.57 bits per heavy atom. The largest absolute Gasteiger partial charge is 0.507 e. The molecule has 0 radical (unpaired) electrons. The fourth-order valence-electron chi connectivity index (χ4n) is 3.94. The molecule has 1 aliphatic heterocycles. The molecule has 0 bridgehead atoms. The number of carbonyl (C=O) groups excluding carboxylic acids is 1. The number of hydrogen-bond donors (Lipinski definition) is 2. The van der Waals surface area contributed by atoms with Crippen molar-refractivity contribution in [2.75, 3.05) is 6.54 Å². The Kier molecular flexibility index (Phi) is 4.94. The number of benzene rings is 2. The minimum absolute atomic E-state index is 0.0311. The molecule has 0 saturated carbocycles. The lowest BCUT2D eigenvalue weighted by molar-refractivity contribution is 0.0764. The van der Waals surface area contributed by atoms with Gasteiger partial charge in [0.25, 0.3) is 5.91 Å². The molecule has 1 aliphatic rings. The first-order valence-electron chi connectivity index (χ1n) is 9.82. The summed E-state index contributed by atoms with van der Waals surface area (Å²) in [7, 11) is 0. The van der Waals surface area contributed by atoms with Crippen LogP contribution < -0.4 is 0 Å². The van der Waals surface area contributed by atoms with Gasteiger partial charge in [-0.1, -0.05) is 62.7 Å². The average Bonchev–Trinajstić information content (AvgIpc) is 3.23. The molecule has 2 N–H and O–H groups in total. The highest BCUT2D eigenvalue weighted by Gasteiger charge is 2.42. The summed E-state index contributed by atoms with van der Waals surface area (Å²) in [5.41, 5.74) is 4.40. The van der Waals surface area contributed by atoms with E-state index in [0.29, 0.717) is 28.5 Å². The number of nitrogens with zero attached hydrogens (tertiary/aromatic N) is 2. The van der Waals surface area contributed by atoms with Crippen molar-refractivity contribution in [1.82, 2.24) is 15.1 Å². The summed E-state index contributed by atoms with van der Waals surface area (Å²) in [4.78, 5) is 14.9. The number of carbonyl (C=O) groups is 1. The van der Waals surface area contributed by atoms with E-state index in [9.17, 15) is 9.90 Å². The zero-order valence-electron chi connectivity index (χ0n) is 17.2. The maximum atomic E-state index is 13.1. The maximum Gasteiger partial charge on any atom is 0.273 e. The van der Waals surface area contributed by atoms with Crippen molar-refractivity contribution in [3.05, 3.63) is 82.5 Å². The second-order valence-corrected chi connectivity index (χ2v) is 8.98. The quantitative estimate of drug-likeness (QED) is 0.549. The lowest BCUT2D eigenvalue weighted by atomic mass is 9.85. The first-order chi connectivity index (χ1) is 14.2. The number of aromatic nitrogens is 2.